The molecule has 1 aliphatic carbocycles. The van der Waals surface area contributed by atoms with Crippen LogP contribution in [0.5, 0.6) is 5.75 Å². The average molecular weight is 375 g/mol. The molecule has 2 aromatic carbocycles. The summed E-state index contributed by atoms with van der Waals surface area (Å²) in [5.74, 6) is 0.529. The molecule has 0 radical (unpaired) electrons. The van der Waals surface area contributed by atoms with Gasteiger partial charge >= 0.3 is 6.18 Å². The van der Waals surface area contributed by atoms with E-state index < -0.39 is 11.7 Å². The Kier molecular flexibility index (Phi) is 5.59. The van der Waals surface area contributed by atoms with Gasteiger partial charge in [-0.15, -0.1) is 0 Å². The number of phenolic OH excluding ortho intramolecular Hbond substituents is 1. The van der Waals surface area contributed by atoms with Gasteiger partial charge in [-0.1, -0.05) is 25.3 Å². The lowest BCUT2D eigenvalue weighted by Crippen LogP contribution is -2.06. The summed E-state index contributed by atoms with van der Waals surface area (Å²) in [4.78, 5) is 4.21. The normalized spacial score (nSPS) is 16.2. The number of hydrogen-bond acceptors (Lipinski definition) is 2. The quantitative estimate of drug-likeness (QED) is 0.586. The maximum absolute atomic E-state index is 13.0. The van der Waals surface area contributed by atoms with Crippen LogP contribution in [0.3, 0.4) is 0 Å². The Balaban J connectivity index is 1.94. The van der Waals surface area contributed by atoms with E-state index in [1.807, 2.05) is 19.1 Å². The van der Waals surface area contributed by atoms with Gasteiger partial charge in [0.1, 0.15) is 5.75 Å². The first-order valence-electron chi connectivity index (χ1n) is 9.30. The minimum Gasteiger partial charge on any atom is -0.507 e. The molecule has 2 nitrogen and oxygen atoms in total. The van der Waals surface area contributed by atoms with Gasteiger partial charge in [0.15, 0.2) is 0 Å². The Bertz CT molecular complexity index is 849. The van der Waals surface area contributed by atoms with E-state index in [0.717, 1.165) is 48.9 Å². The van der Waals surface area contributed by atoms with Crippen molar-refractivity contribution in [3.8, 4) is 5.75 Å². The zero-order chi connectivity index (χ0) is 19.6. The molecule has 0 bridgehead atoms. The van der Waals surface area contributed by atoms with E-state index in [1.165, 1.54) is 12.6 Å². The Morgan fingerprint density at radius 1 is 0.963 bits per heavy atom. The number of phenols is 1. The summed E-state index contributed by atoms with van der Waals surface area (Å²) >= 11 is 0. The first-order chi connectivity index (χ1) is 12.7. The van der Waals surface area contributed by atoms with E-state index >= 15 is 0 Å². The minimum absolute atomic E-state index is 0.194. The number of aliphatic imine (C=N–C) groups is 1. The number of alkyl halides is 3. The summed E-state index contributed by atoms with van der Waals surface area (Å²) in [5.41, 5.74) is 2.49. The predicted molar refractivity (Wildman–Crippen MR) is 102 cm³/mol. The van der Waals surface area contributed by atoms with Crippen LogP contribution in [0.4, 0.5) is 18.9 Å². The molecule has 5 heteroatoms. The van der Waals surface area contributed by atoms with Gasteiger partial charge in [0.05, 0.1) is 11.3 Å². The number of aromatic hydroxyl groups is 1. The van der Waals surface area contributed by atoms with Gasteiger partial charge in [-0.3, -0.25) is 4.99 Å². The fraction of sp³-hybridized carbons (Fsp3) is 0.409. The van der Waals surface area contributed by atoms with E-state index in [2.05, 4.69) is 4.99 Å². The van der Waals surface area contributed by atoms with Gasteiger partial charge in [0, 0.05) is 11.8 Å². The number of halogens is 3. The van der Waals surface area contributed by atoms with Crippen molar-refractivity contribution in [2.45, 2.75) is 58.0 Å². The highest BCUT2D eigenvalue weighted by atomic mass is 19.4. The van der Waals surface area contributed by atoms with Gasteiger partial charge in [-0.25, -0.2) is 0 Å². The lowest BCUT2D eigenvalue weighted by molar-refractivity contribution is -0.137. The number of nitrogens with zero attached hydrogens (tertiary/aromatic N) is 1. The average Bonchev–Trinajstić information content (AvgIpc) is 2.61. The molecule has 1 fully saturated rings. The van der Waals surface area contributed by atoms with Crippen LogP contribution < -0.4 is 0 Å². The highest BCUT2D eigenvalue weighted by Crippen LogP contribution is 2.39. The number of aryl methyl sites for hydroxylation is 2. The Morgan fingerprint density at radius 2 is 1.63 bits per heavy atom. The molecule has 27 heavy (non-hydrogen) atoms. The Morgan fingerprint density at radius 3 is 2.30 bits per heavy atom. The number of hydrogen-bond donors (Lipinski definition) is 1. The predicted octanol–water partition coefficient (Wildman–Crippen LogP) is 6.83. The topological polar surface area (TPSA) is 32.6 Å². The van der Waals surface area contributed by atoms with Crippen LogP contribution in [-0.4, -0.2) is 11.3 Å². The molecular formula is C22H24F3NO. The zero-order valence-electron chi connectivity index (χ0n) is 15.6. The monoisotopic (exact) mass is 375 g/mol. The SMILES string of the molecule is Cc1cc(N=Cc2cc(C)cc(C3CCCCC3)c2O)cc(C(F)(F)F)c1. The molecule has 0 amide bonds. The van der Waals surface area contributed by atoms with Crippen molar-refractivity contribution >= 4 is 11.9 Å². The van der Waals surface area contributed by atoms with Crippen LogP contribution in [0.15, 0.2) is 35.3 Å². The standard InChI is InChI=1S/C22H24F3NO/c1-14-8-17(21(27)20(11-14)16-6-4-3-5-7-16)13-26-19-10-15(2)9-18(12-19)22(23,24)25/h8-13,16,27H,3-7H2,1-2H3. The van der Waals surface area contributed by atoms with Crippen molar-refractivity contribution in [3.63, 3.8) is 0 Å². The number of benzene rings is 2. The van der Waals surface area contributed by atoms with Crippen molar-refractivity contribution in [2.24, 2.45) is 4.99 Å². The second kappa shape index (κ2) is 7.75. The third-order valence-electron chi connectivity index (χ3n) is 5.10. The largest absolute Gasteiger partial charge is 0.507 e. The smallest absolute Gasteiger partial charge is 0.416 e. The molecule has 3 rings (SSSR count). The third-order valence-corrected chi connectivity index (χ3v) is 5.10. The van der Waals surface area contributed by atoms with Crippen molar-refractivity contribution in [2.75, 3.05) is 0 Å². The van der Waals surface area contributed by atoms with E-state index in [1.54, 1.807) is 13.0 Å². The van der Waals surface area contributed by atoms with Crippen LogP contribution in [-0.2, 0) is 6.18 Å². The van der Waals surface area contributed by atoms with E-state index in [-0.39, 0.29) is 11.4 Å². The molecule has 0 spiro atoms. The lowest BCUT2D eigenvalue weighted by Gasteiger charge is -2.23. The van der Waals surface area contributed by atoms with Gasteiger partial charge in [-0.05, 0) is 73.6 Å². The molecule has 1 N–H and O–H groups in total. The van der Waals surface area contributed by atoms with Crippen LogP contribution in [0.1, 0.15) is 65.8 Å². The third kappa shape index (κ3) is 4.71. The molecule has 1 aliphatic rings. The van der Waals surface area contributed by atoms with E-state index in [4.69, 9.17) is 0 Å². The number of rotatable bonds is 3. The highest BCUT2D eigenvalue weighted by Gasteiger charge is 2.30. The molecule has 144 valence electrons. The van der Waals surface area contributed by atoms with Gasteiger partial charge < -0.3 is 5.11 Å². The summed E-state index contributed by atoms with van der Waals surface area (Å²) in [5, 5.41) is 10.7. The van der Waals surface area contributed by atoms with Crippen LogP contribution in [0, 0.1) is 13.8 Å². The maximum Gasteiger partial charge on any atom is 0.416 e. The zero-order valence-corrected chi connectivity index (χ0v) is 15.6. The fourth-order valence-corrected chi connectivity index (χ4v) is 3.80. The van der Waals surface area contributed by atoms with Crippen molar-refractivity contribution in [3.05, 3.63) is 58.1 Å². The molecule has 0 aliphatic heterocycles. The molecule has 0 unspecified atom stereocenters. The van der Waals surface area contributed by atoms with Crippen LogP contribution in [0.25, 0.3) is 0 Å². The Hall–Kier alpha value is -2.30. The minimum atomic E-state index is -4.41. The van der Waals surface area contributed by atoms with Gasteiger partial charge in [-0.2, -0.15) is 13.2 Å². The van der Waals surface area contributed by atoms with E-state index in [9.17, 15) is 18.3 Å². The first kappa shape index (κ1) is 19.5. The molecule has 0 saturated heterocycles. The van der Waals surface area contributed by atoms with Crippen molar-refractivity contribution < 1.29 is 18.3 Å². The van der Waals surface area contributed by atoms with Gasteiger partial charge in [0.2, 0.25) is 0 Å². The van der Waals surface area contributed by atoms with Crippen molar-refractivity contribution in [1.82, 2.24) is 0 Å². The second-order valence-corrected chi connectivity index (χ2v) is 7.44. The van der Waals surface area contributed by atoms with E-state index in [0.29, 0.717) is 17.0 Å². The Labute approximate surface area is 157 Å². The summed E-state index contributed by atoms with van der Waals surface area (Å²) < 4.78 is 39.0. The maximum atomic E-state index is 13.0. The molecule has 0 aromatic heterocycles. The van der Waals surface area contributed by atoms with Crippen LogP contribution >= 0.6 is 0 Å². The first-order valence-corrected chi connectivity index (χ1v) is 9.30. The highest BCUT2D eigenvalue weighted by molar-refractivity contribution is 5.86. The second-order valence-electron chi connectivity index (χ2n) is 7.44. The molecule has 0 heterocycles. The summed E-state index contributed by atoms with van der Waals surface area (Å²) in [7, 11) is 0. The van der Waals surface area contributed by atoms with Crippen molar-refractivity contribution in [1.29, 1.82) is 0 Å². The molecule has 0 atom stereocenters. The van der Waals surface area contributed by atoms with Gasteiger partial charge in [0.25, 0.3) is 0 Å². The summed E-state index contributed by atoms with van der Waals surface area (Å²) in [6, 6.07) is 7.55. The fourth-order valence-electron chi connectivity index (χ4n) is 3.80. The summed E-state index contributed by atoms with van der Waals surface area (Å²) in [6.45, 7) is 3.57. The summed E-state index contributed by atoms with van der Waals surface area (Å²) in [6.07, 6.45) is 2.71. The lowest BCUT2D eigenvalue weighted by atomic mass is 9.82. The molecule has 1 saturated carbocycles. The molecule has 2 aromatic rings. The molecular weight excluding hydrogens is 351 g/mol. The van der Waals surface area contributed by atoms with Crippen LogP contribution in [0.2, 0.25) is 0 Å².